The summed E-state index contributed by atoms with van der Waals surface area (Å²) in [6, 6.07) is 22.2. The molecular formula is C21H19N3O2S. The zero-order valence-corrected chi connectivity index (χ0v) is 15.6. The van der Waals surface area contributed by atoms with Crippen LogP contribution in [0, 0.1) is 0 Å². The molecule has 0 unspecified atom stereocenters. The van der Waals surface area contributed by atoms with Gasteiger partial charge in [-0.2, -0.15) is 0 Å². The van der Waals surface area contributed by atoms with Crippen LogP contribution in [0.5, 0.6) is 0 Å². The Bertz CT molecular complexity index is 1060. The van der Waals surface area contributed by atoms with Crippen molar-refractivity contribution in [3.63, 3.8) is 0 Å². The number of fused-ring (bicyclic) bond motifs is 3. The van der Waals surface area contributed by atoms with Crippen molar-refractivity contribution in [1.82, 2.24) is 14.6 Å². The minimum absolute atomic E-state index is 0.218. The second-order valence-corrected chi connectivity index (χ2v) is 7.11. The highest BCUT2D eigenvalue weighted by Crippen LogP contribution is 2.23. The number of aryl methyl sites for hydroxylation is 1. The van der Waals surface area contributed by atoms with Gasteiger partial charge in [0.05, 0.1) is 17.9 Å². The number of carbonyl (C=O) groups excluding carboxylic acids is 1. The molecule has 2 aromatic heterocycles. The molecule has 0 atom stereocenters. The highest BCUT2D eigenvalue weighted by Gasteiger charge is 2.12. The van der Waals surface area contributed by atoms with E-state index in [0.29, 0.717) is 11.8 Å². The molecule has 4 aromatic rings. The molecule has 4 rings (SSSR count). The lowest BCUT2D eigenvalue weighted by molar-refractivity contribution is -0.140. The van der Waals surface area contributed by atoms with Gasteiger partial charge in [-0.25, -0.2) is 0 Å². The van der Waals surface area contributed by atoms with Crippen LogP contribution in [-0.4, -0.2) is 32.9 Å². The van der Waals surface area contributed by atoms with E-state index in [0.717, 1.165) is 29.4 Å². The average molecular weight is 377 g/mol. The van der Waals surface area contributed by atoms with Crippen molar-refractivity contribution in [2.45, 2.75) is 18.0 Å². The van der Waals surface area contributed by atoms with Gasteiger partial charge in [0.1, 0.15) is 0 Å². The van der Waals surface area contributed by atoms with Gasteiger partial charge in [-0.3, -0.25) is 9.20 Å². The molecule has 6 heteroatoms. The van der Waals surface area contributed by atoms with E-state index in [4.69, 9.17) is 4.74 Å². The summed E-state index contributed by atoms with van der Waals surface area (Å²) in [4.78, 5) is 12.0. The molecule has 0 aliphatic carbocycles. The summed E-state index contributed by atoms with van der Waals surface area (Å²) in [6.07, 6.45) is 1.72. The Hall–Kier alpha value is -2.86. The van der Waals surface area contributed by atoms with Crippen LogP contribution in [0.25, 0.3) is 16.6 Å². The summed E-state index contributed by atoms with van der Waals surface area (Å²) in [5.41, 5.74) is 3.05. The van der Waals surface area contributed by atoms with Crippen molar-refractivity contribution in [2.24, 2.45) is 0 Å². The summed E-state index contributed by atoms with van der Waals surface area (Å²) in [7, 11) is 0. The number of pyridine rings is 1. The molecule has 0 saturated heterocycles. The third-order valence-corrected chi connectivity index (χ3v) is 5.19. The van der Waals surface area contributed by atoms with Gasteiger partial charge < -0.3 is 4.74 Å². The van der Waals surface area contributed by atoms with Gasteiger partial charge >= 0.3 is 5.97 Å². The van der Waals surface area contributed by atoms with Crippen molar-refractivity contribution < 1.29 is 9.53 Å². The Labute approximate surface area is 161 Å². The Morgan fingerprint density at radius 1 is 0.963 bits per heavy atom. The number of aromatic nitrogens is 3. The van der Waals surface area contributed by atoms with E-state index in [9.17, 15) is 4.79 Å². The third-order valence-electron chi connectivity index (χ3n) is 4.28. The Morgan fingerprint density at radius 3 is 2.67 bits per heavy atom. The number of hydrogen-bond donors (Lipinski definition) is 0. The maximum atomic E-state index is 12.0. The van der Waals surface area contributed by atoms with Gasteiger partial charge in [0.2, 0.25) is 0 Å². The highest BCUT2D eigenvalue weighted by atomic mass is 32.2. The first kappa shape index (κ1) is 17.5. The number of hydrogen-bond acceptors (Lipinski definition) is 5. The smallest absolute Gasteiger partial charge is 0.316 e. The lowest BCUT2D eigenvalue weighted by atomic mass is 10.1. The standard InChI is InChI=1S/C21H19N3O2S/c25-20(26-14-6-9-16-7-2-1-3-8-16)15-27-21-23-22-19-13-12-17-10-4-5-11-18(17)24(19)21/h1-5,7-8,10-13H,6,9,14-15H2. The first-order valence-corrected chi connectivity index (χ1v) is 9.85. The van der Waals surface area contributed by atoms with Crippen LogP contribution in [0.15, 0.2) is 71.9 Å². The molecule has 2 heterocycles. The van der Waals surface area contributed by atoms with E-state index in [-0.39, 0.29) is 11.7 Å². The molecular weight excluding hydrogens is 358 g/mol. The van der Waals surface area contributed by atoms with Crippen LogP contribution in [0.2, 0.25) is 0 Å². The van der Waals surface area contributed by atoms with Gasteiger partial charge in [0.15, 0.2) is 10.8 Å². The van der Waals surface area contributed by atoms with Gasteiger partial charge in [-0.05, 0) is 42.0 Å². The van der Waals surface area contributed by atoms with E-state index in [1.54, 1.807) is 0 Å². The summed E-state index contributed by atoms with van der Waals surface area (Å²) in [5.74, 6) is -0.0138. The number of thioether (sulfide) groups is 1. The first-order valence-electron chi connectivity index (χ1n) is 8.86. The van der Waals surface area contributed by atoms with E-state index >= 15 is 0 Å². The van der Waals surface area contributed by atoms with E-state index < -0.39 is 0 Å². The number of rotatable bonds is 7. The van der Waals surface area contributed by atoms with Crippen LogP contribution in [0.4, 0.5) is 0 Å². The molecule has 0 aliphatic rings. The minimum Gasteiger partial charge on any atom is -0.465 e. The fourth-order valence-corrected chi connectivity index (χ4v) is 3.73. The second-order valence-electron chi connectivity index (χ2n) is 6.17. The molecule has 0 saturated carbocycles. The summed E-state index contributed by atoms with van der Waals surface area (Å²) in [5, 5.41) is 10.2. The van der Waals surface area contributed by atoms with Crippen LogP contribution < -0.4 is 0 Å². The second kappa shape index (κ2) is 8.22. The Morgan fingerprint density at radius 2 is 1.78 bits per heavy atom. The van der Waals surface area contributed by atoms with Crippen LogP contribution in [0.3, 0.4) is 0 Å². The summed E-state index contributed by atoms with van der Waals surface area (Å²) in [6.45, 7) is 0.428. The lowest BCUT2D eigenvalue weighted by Gasteiger charge is -2.06. The third kappa shape index (κ3) is 4.11. The molecule has 5 nitrogen and oxygen atoms in total. The number of ether oxygens (including phenoxy) is 1. The van der Waals surface area contributed by atoms with Crippen molar-refractivity contribution in [3.8, 4) is 0 Å². The maximum absolute atomic E-state index is 12.0. The number of para-hydroxylation sites is 1. The number of nitrogens with zero attached hydrogens (tertiary/aromatic N) is 3. The fourth-order valence-electron chi connectivity index (χ4n) is 2.98. The zero-order chi connectivity index (χ0) is 18.5. The van der Waals surface area contributed by atoms with E-state index in [1.807, 2.05) is 59.0 Å². The minimum atomic E-state index is -0.231. The fraction of sp³-hybridized carbons (Fsp3) is 0.190. The molecule has 136 valence electrons. The van der Waals surface area contributed by atoms with Crippen molar-refractivity contribution in [1.29, 1.82) is 0 Å². The molecule has 0 aliphatic heterocycles. The summed E-state index contributed by atoms with van der Waals surface area (Å²) >= 11 is 1.35. The van der Waals surface area contributed by atoms with Crippen LogP contribution in [0.1, 0.15) is 12.0 Å². The number of benzene rings is 2. The predicted molar refractivity (Wildman–Crippen MR) is 107 cm³/mol. The van der Waals surface area contributed by atoms with Crippen LogP contribution in [-0.2, 0) is 16.0 Å². The maximum Gasteiger partial charge on any atom is 0.316 e. The molecule has 27 heavy (non-hydrogen) atoms. The lowest BCUT2D eigenvalue weighted by Crippen LogP contribution is -2.09. The highest BCUT2D eigenvalue weighted by molar-refractivity contribution is 7.99. The molecule has 0 fully saturated rings. The molecule has 0 N–H and O–H groups in total. The van der Waals surface area contributed by atoms with E-state index in [1.165, 1.54) is 17.3 Å². The average Bonchev–Trinajstić information content (AvgIpc) is 3.14. The number of carbonyl (C=O) groups is 1. The van der Waals surface area contributed by atoms with Crippen molar-refractivity contribution in [2.75, 3.05) is 12.4 Å². The van der Waals surface area contributed by atoms with Crippen molar-refractivity contribution in [3.05, 3.63) is 72.3 Å². The summed E-state index contributed by atoms with van der Waals surface area (Å²) < 4.78 is 7.32. The van der Waals surface area contributed by atoms with Gasteiger partial charge in [0, 0.05) is 0 Å². The molecule has 0 bridgehead atoms. The van der Waals surface area contributed by atoms with E-state index in [2.05, 4.69) is 22.3 Å². The monoisotopic (exact) mass is 377 g/mol. The van der Waals surface area contributed by atoms with Gasteiger partial charge in [0.25, 0.3) is 0 Å². The SMILES string of the molecule is O=C(CSc1nnc2ccc3ccccc3n12)OCCCc1ccccc1. The Balaban J connectivity index is 1.33. The zero-order valence-electron chi connectivity index (χ0n) is 14.7. The van der Waals surface area contributed by atoms with Crippen molar-refractivity contribution >= 4 is 34.3 Å². The molecule has 2 aromatic carbocycles. The molecule has 0 radical (unpaired) electrons. The first-order chi connectivity index (χ1) is 13.3. The topological polar surface area (TPSA) is 56.5 Å². The van der Waals surface area contributed by atoms with Gasteiger partial charge in [-0.1, -0.05) is 60.3 Å². The molecule has 0 spiro atoms. The Kier molecular flexibility index (Phi) is 5.34. The number of esters is 1. The van der Waals surface area contributed by atoms with Gasteiger partial charge in [-0.15, -0.1) is 10.2 Å². The van der Waals surface area contributed by atoms with Crippen LogP contribution >= 0.6 is 11.8 Å². The normalized spacial score (nSPS) is 11.1. The molecule has 0 amide bonds. The largest absolute Gasteiger partial charge is 0.465 e. The predicted octanol–water partition coefficient (Wildman–Crippen LogP) is 4.15. The quantitative estimate of drug-likeness (QED) is 0.275.